The maximum absolute atomic E-state index is 13.2. The summed E-state index contributed by atoms with van der Waals surface area (Å²) >= 11 is 0. The zero-order chi connectivity index (χ0) is 18.5. The van der Waals surface area contributed by atoms with E-state index in [-0.39, 0.29) is 11.8 Å². The molecule has 0 saturated carbocycles. The lowest BCUT2D eigenvalue weighted by Gasteiger charge is -2.37. The first-order valence-corrected chi connectivity index (χ1v) is 9.44. The lowest BCUT2D eigenvalue weighted by atomic mass is 9.79. The van der Waals surface area contributed by atoms with Gasteiger partial charge in [0.25, 0.3) is 0 Å². The summed E-state index contributed by atoms with van der Waals surface area (Å²) in [5.74, 6) is 0.0173. The summed E-state index contributed by atoms with van der Waals surface area (Å²) in [5.41, 5.74) is 6.05. The van der Waals surface area contributed by atoms with Gasteiger partial charge in [0.2, 0.25) is 5.91 Å². The number of quaternary nitrogens is 1. The topological polar surface area (TPSA) is 53.4 Å². The van der Waals surface area contributed by atoms with Gasteiger partial charge in [-0.25, -0.2) is 0 Å². The molecule has 0 fully saturated rings. The van der Waals surface area contributed by atoms with Crippen molar-refractivity contribution in [2.45, 2.75) is 12.5 Å². The molecule has 1 aromatic carbocycles. The van der Waals surface area contributed by atoms with Crippen molar-refractivity contribution in [3.63, 3.8) is 0 Å². The van der Waals surface area contributed by atoms with Gasteiger partial charge >= 0.3 is 0 Å². The number of nitrogens with zero attached hydrogens (tertiary/aromatic N) is 2. The molecule has 0 bridgehead atoms. The molecular weight excluding hydrogens is 336 g/mol. The predicted octanol–water partition coefficient (Wildman–Crippen LogP) is 1.68. The fourth-order valence-corrected chi connectivity index (χ4v) is 4.69. The summed E-state index contributed by atoms with van der Waals surface area (Å²) in [4.78, 5) is 23.8. The Labute approximate surface area is 158 Å². The minimum absolute atomic E-state index is 0.120. The predicted molar refractivity (Wildman–Crippen MR) is 107 cm³/mol. The highest BCUT2D eigenvalue weighted by molar-refractivity contribution is 6.01. The molecule has 0 spiro atoms. The molecule has 1 unspecified atom stereocenters. The van der Waals surface area contributed by atoms with Crippen LogP contribution in [0, 0.1) is 5.92 Å². The SMILES string of the molecule is CN(C(=O)[C@@H]1C=C2c3cccc4[nH]cc(c34)C[C@H]2[NH+](C)C1)c1ccncc1. The Kier molecular flexibility index (Phi) is 3.65. The molecular formula is C22H23N4O+. The number of anilines is 1. The van der Waals surface area contributed by atoms with Gasteiger partial charge in [-0.2, -0.15) is 0 Å². The van der Waals surface area contributed by atoms with Crippen LogP contribution in [-0.4, -0.2) is 42.6 Å². The van der Waals surface area contributed by atoms with Crippen LogP contribution in [0.2, 0.25) is 0 Å². The Morgan fingerprint density at radius 2 is 2.07 bits per heavy atom. The van der Waals surface area contributed by atoms with E-state index in [1.807, 2.05) is 19.2 Å². The summed E-state index contributed by atoms with van der Waals surface area (Å²) < 4.78 is 0. The molecule has 2 N–H and O–H groups in total. The van der Waals surface area contributed by atoms with Crippen LogP contribution in [-0.2, 0) is 11.2 Å². The van der Waals surface area contributed by atoms with Crippen molar-refractivity contribution in [1.82, 2.24) is 9.97 Å². The smallest absolute Gasteiger partial charge is 0.239 e. The number of hydrogen-bond donors (Lipinski definition) is 2. The molecule has 0 saturated heterocycles. The second-order valence-corrected chi connectivity index (χ2v) is 7.68. The maximum Gasteiger partial charge on any atom is 0.239 e. The van der Waals surface area contributed by atoms with E-state index in [4.69, 9.17) is 0 Å². The molecule has 5 rings (SSSR count). The van der Waals surface area contributed by atoms with Crippen LogP contribution in [0.25, 0.3) is 16.5 Å². The van der Waals surface area contributed by atoms with E-state index in [9.17, 15) is 4.79 Å². The van der Waals surface area contributed by atoms with Gasteiger partial charge in [-0.1, -0.05) is 18.2 Å². The monoisotopic (exact) mass is 359 g/mol. The van der Waals surface area contributed by atoms with E-state index in [0.29, 0.717) is 6.04 Å². The second-order valence-electron chi connectivity index (χ2n) is 7.68. The first-order valence-electron chi connectivity index (χ1n) is 9.44. The van der Waals surface area contributed by atoms with Crippen LogP contribution in [0.4, 0.5) is 5.69 Å². The van der Waals surface area contributed by atoms with Crippen molar-refractivity contribution in [1.29, 1.82) is 0 Å². The first-order chi connectivity index (χ1) is 13.1. The van der Waals surface area contributed by atoms with Gasteiger partial charge in [-0.15, -0.1) is 0 Å². The third-order valence-electron chi connectivity index (χ3n) is 6.11. The Bertz CT molecular complexity index is 1050. The maximum atomic E-state index is 13.2. The van der Waals surface area contributed by atoms with Crippen LogP contribution in [0.5, 0.6) is 0 Å². The van der Waals surface area contributed by atoms with E-state index >= 15 is 0 Å². The zero-order valence-electron chi connectivity index (χ0n) is 15.6. The van der Waals surface area contributed by atoms with Gasteiger partial charge in [0, 0.05) is 54.2 Å². The molecule has 3 heterocycles. The number of H-pyrrole nitrogens is 1. The fraction of sp³-hybridized carbons (Fsp3) is 0.273. The molecule has 3 atom stereocenters. The van der Waals surface area contributed by atoms with E-state index < -0.39 is 0 Å². The molecule has 3 aromatic rings. The summed E-state index contributed by atoms with van der Waals surface area (Å²) in [6.07, 6.45) is 8.84. The van der Waals surface area contributed by atoms with E-state index in [2.05, 4.69) is 47.5 Å². The number of nitrogens with one attached hydrogen (secondary N) is 2. The van der Waals surface area contributed by atoms with Crippen LogP contribution >= 0.6 is 0 Å². The quantitative estimate of drug-likeness (QED) is 0.731. The largest absolute Gasteiger partial charge is 0.361 e. The first kappa shape index (κ1) is 16.3. The molecule has 2 aromatic heterocycles. The molecule has 5 heteroatoms. The Hall–Kier alpha value is -2.92. The standard InChI is InChI=1S/C22H22N4O/c1-25-13-15(22(27)26(2)16-6-8-23-9-7-16)10-18-17-4-3-5-19-21(17)14(12-24-19)11-20(18)25/h3-10,12,15,20,24H,11,13H2,1-2H3/p+1/t15-,20-/m1/s1. The number of carbonyl (C=O) groups is 1. The van der Waals surface area contributed by atoms with Gasteiger partial charge in [-0.3, -0.25) is 9.78 Å². The molecule has 136 valence electrons. The zero-order valence-corrected chi connectivity index (χ0v) is 15.6. The number of rotatable bonds is 2. The van der Waals surface area contributed by atoms with Crippen molar-refractivity contribution in [3.05, 3.63) is 66.1 Å². The lowest BCUT2D eigenvalue weighted by Crippen LogP contribution is -3.15. The van der Waals surface area contributed by atoms with E-state index in [0.717, 1.165) is 18.7 Å². The van der Waals surface area contributed by atoms with Crippen molar-refractivity contribution in [2.24, 2.45) is 5.92 Å². The van der Waals surface area contributed by atoms with Crippen LogP contribution in [0.3, 0.4) is 0 Å². The van der Waals surface area contributed by atoms with Crippen LogP contribution < -0.4 is 9.80 Å². The highest BCUT2D eigenvalue weighted by Crippen LogP contribution is 2.37. The molecule has 1 aliphatic heterocycles. The summed E-state index contributed by atoms with van der Waals surface area (Å²) in [6.45, 7) is 0.818. The van der Waals surface area contributed by atoms with Gasteiger partial charge < -0.3 is 14.8 Å². The van der Waals surface area contributed by atoms with Crippen LogP contribution in [0.1, 0.15) is 11.1 Å². The van der Waals surface area contributed by atoms with Crippen molar-refractivity contribution in [3.8, 4) is 0 Å². The molecule has 27 heavy (non-hydrogen) atoms. The van der Waals surface area contributed by atoms with Gasteiger partial charge in [0.15, 0.2) is 0 Å². The number of aromatic amines is 1. The van der Waals surface area contributed by atoms with Gasteiger partial charge in [-0.05, 0) is 29.3 Å². The average Bonchev–Trinajstić information content (AvgIpc) is 3.12. The number of aromatic nitrogens is 2. The Balaban J connectivity index is 1.56. The Morgan fingerprint density at radius 1 is 1.26 bits per heavy atom. The number of benzene rings is 1. The average molecular weight is 359 g/mol. The molecule has 2 aliphatic rings. The summed E-state index contributed by atoms with van der Waals surface area (Å²) in [7, 11) is 4.06. The third-order valence-corrected chi connectivity index (χ3v) is 6.11. The van der Waals surface area contributed by atoms with E-state index in [1.165, 1.54) is 32.5 Å². The fourth-order valence-electron chi connectivity index (χ4n) is 4.69. The number of fused-ring (bicyclic) bond motifs is 2. The normalized spacial score (nSPS) is 23.6. The van der Waals surface area contributed by atoms with Crippen molar-refractivity contribution >= 4 is 28.1 Å². The second kappa shape index (κ2) is 6.06. The highest BCUT2D eigenvalue weighted by atomic mass is 16.2. The van der Waals surface area contributed by atoms with Gasteiger partial charge in [0.1, 0.15) is 12.0 Å². The molecule has 1 amide bonds. The van der Waals surface area contributed by atoms with E-state index in [1.54, 1.807) is 17.3 Å². The van der Waals surface area contributed by atoms with Crippen molar-refractivity contribution < 1.29 is 9.69 Å². The minimum atomic E-state index is -0.120. The number of pyridine rings is 1. The number of carbonyl (C=O) groups excluding carboxylic acids is 1. The minimum Gasteiger partial charge on any atom is -0.361 e. The summed E-state index contributed by atoms with van der Waals surface area (Å²) in [5, 5.41) is 1.32. The van der Waals surface area contributed by atoms with Crippen LogP contribution in [0.15, 0.2) is 55.0 Å². The summed E-state index contributed by atoms with van der Waals surface area (Å²) in [6, 6.07) is 10.6. The number of amides is 1. The van der Waals surface area contributed by atoms with Crippen molar-refractivity contribution in [2.75, 3.05) is 25.5 Å². The number of likely N-dealkylation sites (N-methyl/N-ethyl adjacent to an activating group) is 1. The van der Waals surface area contributed by atoms with Gasteiger partial charge in [0.05, 0.1) is 13.6 Å². The molecule has 0 radical (unpaired) electrons. The molecule has 1 aliphatic carbocycles. The Morgan fingerprint density at radius 3 is 2.89 bits per heavy atom. The third kappa shape index (κ3) is 2.50. The lowest BCUT2D eigenvalue weighted by molar-refractivity contribution is -0.900. The number of hydrogen-bond acceptors (Lipinski definition) is 2. The molecule has 5 nitrogen and oxygen atoms in total. The highest BCUT2D eigenvalue weighted by Gasteiger charge is 2.39.